The number of benzene rings is 1. The molecule has 2 rings (SSSR count). The molecular weight excluding hydrogens is 257 g/mol. The Bertz CT molecular complexity index is 575. The van der Waals surface area contributed by atoms with Crippen LogP contribution in [-0.2, 0) is 9.59 Å². The maximum absolute atomic E-state index is 13.7. The molecule has 1 aromatic rings. The average molecular weight is 267 g/mol. The lowest BCUT2D eigenvalue weighted by atomic mass is 10.1. The number of nitrogens with zero attached hydrogens (tertiary/aromatic N) is 2. The number of hydrogen-bond donors (Lipinski definition) is 1. The van der Waals surface area contributed by atoms with Crippen molar-refractivity contribution < 1.29 is 18.9 Å². The first kappa shape index (κ1) is 12.9. The van der Waals surface area contributed by atoms with Crippen molar-refractivity contribution >= 4 is 23.2 Å². The van der Waals surface area contributed by atoms with E-state index in [-0.39, 0.29) is 24.3 Å². The standard InChI is InChI=1S/C11H10FN3O4/c12-8-2-1-7(15(18)19)4-9(8)14-5-6(11(13)17)3-10(14)16/h1-2,4,6H,3,5H2,(H2,13,17). The highest BCUT2D eigenvalue weighted by atomic mass is 19.1. The van der Waals surface area contributed by atoms with Crippen molar-refractivity contribution in [1.82, 2.24) is 0 Å². The Morgan fingerprint density at radius 3 is 2.74 bits per heavy atom. The molecule has 1 heterocycles. The Kier molecular flexibility index (Phi) is 3.16. The van der Waals surface area contributed by atoms with Gasteiger partial charge in [-0.1, -0.05) is 0 Å². The fourth-order valence-electron chi connectivity index (χ4n) is 1.95. The molecule has 0 spiro atoms. The molecule has 2 N–H and O–H groups in total. The lowest BCUT2D eigenvalue weighted by molar-refractivity contribution is -0.384. The number of rotatable bonds is 3. The van der Waals surface area contributed by atoms with Gasteiger partial charge in [-0.2, -0.15) is 0 Å². The minimum Gasteiger partial charge on any atom is -0.369 e. The molecule has 1 aromatic carbocycles. The van der Waals surface area contributed by atoms with Crippen LogP contribution in [0.25, 0.3) is 0 Å². The Labute approximate surface area is 106 Å². The number of halogens is 1. The highest BCUT2D eigenvalue weighted by molar-refractivity contribution is 6.00. The number of nitro benzene ring substituents is 1. The molecule has 1 aliphatic rings. The SMILES string of the molecule is NC(=O)C1CC(=O)N(c2cc([N+](=O)[O-])ccc2F)C1. The molecule has 1 saturated heterocycles. The number of primary amides is 1. The number of amides is 2. The molecule has 0 aromatic heterocycles. The summed E-state index contributed by atoms with van der Waals surface area (Å²) in [7, 11) is 0. The lowest BCUT2D eigenvalue weighted by Gasteiger charge is -2.16. The summed E-state index contributed by atoms with van der Waals surface area (Å²) in [6, 6.07) is 2.89. The molecule has 1 fully saturated rings. The minimum atomic E-state index is -0.760. The smallest absolute Gasteiger partial charge is 0.271 e. The molecule has 1 aliphatic heterocycles. The zero-order valence-electron chi connectivity index (χ0n) is 9.71. The number of carbonyl (C=O) groups is 2. The average Bonchev–Trinajstić information content (AvgIpc) is 2.72. The number of non-ortho nitro benzene ring substituents is 1. The van der Waals surface area contributed by atoms with Crippen LogP contribution < -0.4 is 10.6 Å². The van der Waals surface area contributed by atoms with Crippen molar-refractivity contribution in [3.8, 4) is 0 Å². The van der Waals surface area contributed by atoms with Crippen molar-refractivity contribution in [1.29, 1.82) is 0 Å². The predicted octanol–water partition coefficient (Wildman–Crippen LogP) is 0.572. The number of hydrogen-bond acceptors (Lipinski definition) is 4. The summed E-state index contributed by atoms with van der Waals surface area (Å²) in [5.74, 6) is -2.60. The van der Waals surface area contributed by atoms with E-state index in [2.05, 4.69) is 0 Å². The van der Waals surface area contributed by atoms with Gasteiger partial charge in [-0.15, -0.1) is 0 Å². The van der Waals surface area contributed by atoms with Crippen LogP contribution >= 0.6 is 0 Å². The maximum atomic E-state index is 13.7. The Balaban J connectivity index is 2.36. The normalized spacial score (nSPS) is 18.7. The second kappa shape index (κ2) is 4.63. The van der Waals surface area contributed by atoms with E-state index >= 15 is 0 Å². The zero-order chi connectivity index (χ0) is 14.2. The van der Waals surface area contributed by atoms with Gasteiger partial charge in [0.05, 0.1) is 16.5 Å². The van der Waals surface area contributed by atoms with Crippen LogP contribution in [0.15, 0.2) is 18.2 Å². The van der Waals surface area contributed by atoms with Crippen molar-refractivity contribution in [2.75, 3.05) is 11.4 Å². The molecule has 2 amide bonds. The van der Waals surface area contributed by atoms with Crippen molar-refractivity contribution in [2.24, 2.45) is 11.7 Å². The van der Waals surface area contributed by atoms with Crippen LogP contribution in [0, 0.1) is 21.8 Å². The van der Waals surface area contributed by atoms with E-state index in [4.69, 9.17) is 5.73 Å². The lowest BCUT2D eigenvalue weighted by Crippen LogP contribution is -2.29. The summed E-state index contributed by atoms with van der Waals surface area (Å²) >= 11 is 0. The molecule has 19 heavy (non-hydrogen) atoms. The number of anilines is 1. The Morgan fingerprint density at radius 2 is 2.21 bits per heavy atom. The van der Waals surface area contributed by atoms with E-state index in [9.17, 15) is 24.1 Å². The molecule has 100 valence electrons. The molecule has 0 saturated carbocycles. The van der Waals surface area contributed by atoms with E-state index in [1.807, 2.05) is 0 Å². The van der Waals surface area contributed by atoms with Gasteiger partial charge in [0.1, 0.15) is 5.82 Å². The van der Waals surface area contributed by atoms with Gasteiger partial charge >= 0.3 is 0 Å². The molecule has 0 radical (unpaired) electrons. The van der Waals surface area contributed by atoms with Crippen LogP contribution in [0.1, 0.15) is 6.42 Å². The van der Waals surface area contributed by atoms with Crippen LogP contribution in [0.3, 0.4) is 0 Å². The monoisotopic (exact) mass is 267 g/mol. The number of carbonyl (C=O) groups excluding carboxylic acids is 2. The fraction of sp³-hybridized carbons (Fsp3) is 0.273. The first-order valence-corrected chi connectivity index (χ1v) is 5.43. The first-order valence-electron chi connectivity index (χ1n) is 5.43. The fourth-order valence-corrected chi connectivity index (χ4v) is 1.95. The molecule has 0 bridgehead atoms. The van der Waals surface area contributed by atoms with E-state index in [1.165, 1.54) is 0 Å². The van der Waals surface area contributed by atoms with E-state index < -0.39 is 28.5 Å². The Hall–Kier alpha value is -2.51. The summed E-state index contributed by atoms with van der Waals surface area (Å²) in [4.78, 5) is 33.7. The van der Waals surface area contributed by atoms with Gasteiger partial charge in [-0.25, -0.2) is 4.39 Å². The highest BCUT2D eigenvalue weighted by Gasteiger charge is 2.35. The van der Waals surface area contributed by atoms with Gasteiger partial charge < -0.3 is 10.6 Å². The topological polar surface area (TPSA) is 107 Å². The van der Waals surface area contributed by atoms with E-state index in [0.29, 0.717) is 0 Å². The van der Waals surface area contributed by atoms with Gasteiger partial charge in [-0.3, -0.25) is 19.7 Å². The van der Waals surface area contributed by atoms with Crippen LogP contribution in [0.4, 0.5) is 15.8 Å². The molecular formula is C11H10FN3O4. The van der Waals surface area contributed by atoms with Crippen molar-refractivity contribution in [3.05, 3.63) is 34.1 Å². The largest absolute Gasteiger partial charge is 0.369 e. The van der Waals surface area contributed by atoms with Crippen LogP contribution in [0.2, 0.25) is 0 Å². The summed E-state index contributed by atoms with van der Waals surface area (Å²) in [5.41, 5.74) is 4.56. The summed E-state index contributed by atoms with van der Waals surface area (Å²) in [6.07, 6.45) is -0.114. The molecule has 8 heteroatoms. The van der Waals surface area contributed by atoms with Crippen LogP contribution in [-0.4, -0.2) is 23.3 Å². The molecule has 1 unspecified atom stereocenters. The van der Waals surface area contributed by atoms with Crippen molar-refractivity contribution in [3.63, 3.8) is 0 Å². The number of nitro groups is 1. The zero-order valence-corrected chi connectivity index (χ0v) is 9.71. The Morgan fingerprint density at radius 1 is 1.53 bits per heavy atom. The second-order valence-corrected chi connectivity index (χ2v) is 4.20. The quantitative estimate of drug-likeness (QED) is 0.638. The predicted molar refractivity (Wildman–Crippen MR) is 62.7 cm³/mol. The van der Waals surface area contributed by atoms with Gasteiger partial charge in [0, 0.05) is 25.1 Å². The third-order valence-electron chi connectivity index (χ3n) is 2.96. The third kappa shape index (κ3) is 2.37. The summed E-state index contributed by atoms with van der Waals surface area (Å²) in [5, 5.41) is 10.6. The van der Waals surface area contributed by atoms with Crippen LogP contribution in [0.5, 0.6) is 0 Å². The maximum Gasteiger partial charge on any atom is 0.271 e. The molecule has 7 nitrogen and oxygen atoms in total. The minimum absolute atomic E-state index is 0.0632. The highest BCUT2D eigenvalue weighted by Crippen LogP contribution is 2.30. The summed E-state index contributed by atoms with van der Waals surface area (Å²) in [6.45, 7) is -0.0632. The van der Waals surface area contributed by atoms with Gasteiger partial charge in [-0.05, 0) is 6.07 Å². The summed E-state index contributed by atoms with van der Waals surface area (Å²) < 4.78 is 13.7. The van der Waals surface area contributed by atoms with Gasteiger partial charge in [0.15, 0.2) is 0 Å². The number of nitrogens with two attached hydrogens (primary N) is 1. The van der Waals surface area contributed by atoms with E-state index in [1.54, 1.807) is 0 Å². The second-order valence-electron chi connectivity index (χ2n) is 4.20. The molecule has 1 atom stereocenters. The van der Waals surface area contributed by atoms with E-state index in [0.717, 1.165) is 23.1 Å². The van der Waals surface area contributed by atoms with Crippen molar-refractivity contribution in [2.45, 2.75) is 6.42 Å². The van der Waals surface area contributed by atoms with Gasteiger partial charge in [0.2, 0.25) is 11.8 Å². The first-order chi connectivity index (χ1) is 8.90. The van der Waals surface area contributed by atoms with Gasteiger partial charge in [0.25, 0.3) is 5.69 Å². The molecule has 0 aliphatic carbocycles. The third-order valence-corrected chi connectivity index (χ3v) is 2.96.